The molecule has 130 valence electrons. The third kappa shape index (κ3) is 6.01. The van der Waals surface area contributed by atoms with E-state index in [9.17, 15) is 13.6 Å². The van der Waals surface area contributed by atoms with E-state index in [1.54, 1.807) is 0 Å². The van der Waals surface area contributed by atoms with Crippen molar-refractivity contribution in [2.75, 3.05) is 6.61 Å². The first-order valence-corrected chi connectivity index (χ1v) is 8.87. The molecule has 6 heteroatoms. The number of hydrogen-bond acceptors (Lipinski definition) is 4. The number of nitrogens with zero attached hydrogens (tertiary/aromatic N) is 1. The van der Waals surface area contributed by atoms with E-state index in [-0.39, 0.29) is 18.1 Å². The van der Waals surface area contributed by atoms with E-state index in [0.717, 1.165) is 17.8 Å². The maximum atomic E-state index is 12.2. The van der Waals surface area contributed by atoms with Crippen LogP contribution in [0.4, 0.5) is 8.78 Å². The van der Waals surface area contributed by atoms with E-state index in [4.69, 9.17) is 4.74 Å². The van der Waals surface area contributed by atoms with Crippen molar-refractivity contribution >= 4 is 17.3 Å². The molecule has 0 bridgehead atoms. The molecule has 0 spiro atoms. The molecular weight excluding hydrogens is 320 g/mol. The number of carbonyl (C=O) groups is 1. The van der Waals surface area contributed by atoms with Gasteiger partial charge in [-0.25, -0.2) is 9.78 Å². The van der Waals surface area contributed by atoms with Crippen LogP contribution in [0, 0.1) is 6.92 Å². The van der Waals surface area contributed by atoms with Crippen molar-refractivity contribution in [3.05, 3.63) is 27.2 Å². The molecule has 0 saturated carbocycles. The summed E-state index contributed by atoms with van der Waals surface area (Å²) in [7, 11) is 0. The van der Waals surface area contributed by atoms with Crippen molar-refractivity contribution in [2.45, 2.75) is 65.7 Å². The Labute approximate surface area is 140 Å². The molecule has 1 heterocycles. The van der Waals surface area contributed by atoms with Gasteiger partial charge in [0.05, 0.1) is 17.3 Å². The zero-order valence-corrected chi connectivity index (χ0v) is 15.1. The molecule has 0 saturated heterocycles. The normalized spacial score (nSPS) is 10.9. The average molecular weight is 345 g/mol. The summed E-state index contributed by atoms with van der Waals surface area (Å²) in [4.78, 5) is 17.1. The van der Waals surface area contributed by atoms with E-state index >= 15 is 0 Å². The third-order valence-corrected chi connectivity index (χ3v) is 5.14. The Balaban J connectivity index is 2.48. The Bertz CT molecular complexity index is 547. The summed E-state index contributed by atoms with van der Waals surface area (Å²) in [6.07, 6.45) is 1.87. The molecule has 0 aliphatic heterocycles. The number of aryl methyl sites for hydroxylation is 1. The van der Waals surface area contributed by atoms with Crippen molar-refractivity contribution in [1.29, 1.82) is 0 Å². The fourth-order valence-electron chi connectivity index (χ4n) is 2.24. The van der Waals surface area contributed by atoms with Gasteiger partial charge < -0.3 is 4.74 Å². The predicted molar refractivity (Wildman–Crippen MR) is 89.2 cm³/mol. The average Bonchev–Trinajstić information content (AvgIpc) is 2.89. The van der Waals surface area contributed by atoms with E-state index in [0.29, 0.717) is 35.8 Å². The first kappa shape index (κ1) is 19.7. The highest BCUT2D eigenvalue weighted by atomic mass is 32.1. The van der Waals surface area contributed by atoms with Gasteiger partial charge in [0, 0.05) is 5.92 Å². The van der Waals surface area contributed by atoms with Crippen LogP contribution >= 0.6 is 11.3 Å². The number of allylic oxidation sites excluding steroid dienone is 1. The monoisotopic (exact) mass is 345 g/mol. The van der Waals surface area contributed by atoms with Gasteiger partial charge in [0.2, 0.25) is 0 Å². The van der Waals surface area contributed by atoms with Gasteiger partial charge in [0.15, 0.2) is 0 Å². The molecule has 23 heavy (non-hydrogen) atoms. The van der Waals surface area contributed by atoms with Crippen LogP contribution in [-0.2, 0) is 4.74 Å². The van der Waals surface area contributed by atoms with Crippen LogP contribution in [0.15, 0.2) is 11.7 Å². The number of ether oxygens (including phenoxy) is 1. The lowest BCUT2D eigenvalue weighted by molar-refractivity contribution is 0.0503. The first-order chi connectivity index (χ1) is 10.9. The number of rotatable bonds is 9. The van der Waals surface area contributed by atoms with Gasteiger partial charge in [-0.1, -0.05) is 13.8 Å². The minimum Gasteiger partial charge on any atom is -0.461 e. The second kappa shape index (κ2) is 9.75. The third-order valence-electron chi connectivity index (χ3n) is 3.84. The highest BCUT2D eigenvalue weighted by Gasteiger charge is 2.20. The Morgan fingerprint density at radius 3 is 2.48 bits per heavy atom. The SMILES string of the molecule is CCC(CC)c1nc(C)c(C(=O)OCCCCC(C)=C(F)F)s1. The predicted octanol–water partition coefficient (Wildman–Crippen LogP) is 5.85. The molecule has 1 aromatic rings. The Morgan fingerprint density at radius 2 is 1.91 bits per heavy atom. The maximum absolute atomic E-state index is 12.2. The molecule has 0 fully saturated rings. The summed E-state index contributed by atoms with van der Waals surface area (Å²) < 4.78 is 29.7. The van der Waals surface area contributed by atoms with E-state index in [1.165, 1.54) is 18.3 Å². The van der Waals surface area contributed by atoms with Gasteiger partial charge in [-0.05, 0) is 51.5 Å². The second-order valence-electron chi connectivity index (χ2n) is 5.61. The number of halogens is 2. The van der Waals surface area contributed by atoms with Crippen LogP contribution in [0.2, 0.25) is 0 Å². The Hall–Kier alpha value is -1.30. The molecule has 3 nitrogen and oxygen atoms in total. The largest absolute Gasteiger partial charge is 0.461 e. The molecule has 0 atom stereocenters. The highest BCUT2D eigenvalue weighted by Crippen LogP contribution is 2.29. The topological polar surface area (TPSA) is 39.2 Å². The Morgan fingerprint density at radius 1 is 1.26 bits per heavy atom. The van der Waals surface area contributed by atoms with Crippen molar-refractivity contribution in [3.63, 3.8) is 0 Å². The van der Waals surface area contributed by atoms with Crippen molar-refractivity contribution in [2.24, 2.45) is 0 Å². The Kier molecular flexibility index (Phi) is 8.37. The fraction of sp³-hybridized carbons (Fsp3) is 0.647. The number of carbonyl (C=O) groups excluding carboxylic acids is 1. The number of hydrogen-bond donors (Lipinski definition) is 0. The molecule has 1 aromatic heterocycles. The maximum Gasteiger partial charge on any atom is 0.350 e. The molecule has 0 amide bonds. The number of esters is 1. The zero-order valence-electron chi connectivity index (χ0n) is 14.2. The highest BCUT2D eigenvalue weighted by molar-refractivity contribution is 7.13. The van der Waals surface area contributed by atoms with Gasteiger partial charge in [0.1, 0.15) is 4.88 Å². The standard InChI is InChI=1S/C17H25F2NO2S/c1-5-13(6-2)16-20-12(4)14(23-16)17(21)22-10-8-7-9-11(3)15(18)19/h13H,5-10H2,1-4H3. The fourth-order valence-corrected chi connectivity index (χ4v) is 3.46. The van der Waals surface area contributed by atoms with Gasteiger partial charge in [0.25, 0.3) is 6.08 Å². The smallest absolute Gasteiger partial charge is 0.350 e. The van der Waals surface area contributed by atoms with Crippen LogP contribution in [0.25, 0.3) is 0 Å². The van der Waals surface area contributed by atoms with Crippen LogP contribution in [0.1, 0.15) is 79.2 Å². The number of thiazole rings is 1. The molecular formula is C17H25F2NO2S. The first-order valence-electron chi connectivity index (χ1n) is 8.05. The molecule has 0 unspecified atom stereocenters. The summed E-state index contributed by atoms with van der Waals surface area (Å²) in [6.45, 7) is 7.70. The van der Waals surface area contributed by atoms with Crippen LogP contribution in [-0.4, -0.2) is 17.6 Å². The van der Waals surface area contributed by atoms with Gasteiger partial charge >= 0.3 is 5.97 Å². The summed E-state index contributed by atoms with van der Waals surface area (Å²) in [5.41, 5.74) is 0.810. The molecule has 0 aliphatic rings. The minimum absolute atomic E-state index is 0.101. The van der Waals surface area contributed by atoms with Gasteiger partial charge in [-0.15, -0.1) is 11.3 Å². The van der Waals surface area contributed by atoms with Crippen molar-refractivity contribution in [1.82, 2.24) is 4.98 Å². The minimum atomic E-state index is -1.61. The molecule has 0 aromatic carbocycles. The molecule has 1 rings (SSSR count). The zero-order chi connectivity index (χ0) is 17.4. The van der Waals surface area contributed by atoms with E-state index in [2.05, 4.69) is 18.8 Å². The summed E-state index contributed by atoms with van der Waals surface area (Å²) in [5, 5.41) is 0.985. The lowest BCUT2D eigenvalue weighted by Gasteiger charge is -2.07. The lowest BCUT2D eigenvalue weighted by atomic mass is 10.1. The molecule has 0 aliphatic carbocycles. The second-order valence-corrected chi connectivity index (χ2v) is 6.64. The number of unbranched alkanes of at least 4 members (excludes halogenated alkanes) is 1. The molecule has 0 radical (unpaired) electrons. The van der Waals surface area contributed by atoms with E-state index in [1.807, 2.05) is 6.92 Å². The van der Waals surface area contributed by atoms with E-state index < -0.39 is 6.08 Å². The van der Waals surface area contributed by atoms with Crippen LogP contribution < -0.4 is 0 Å². The van der Waals surface area contributed by atoms with Crippen LogP contribution in [0.3, 0.4) is 0 Å². The van der Waals surface area contributed by atoms with Crippen LogP contribution in [0.5, 0.6) is 0 Å². The van der Waals surface area contributed by atoms with Gasteiger partial charge in [-0.3, -0.25) is 0 Å². The summed E-state index contributed by atoms with van der Waals surface area (Å²) >= 11 is 1.41. The summed E-state index contributed by atoms with van der Waals surface area (Å²) in [5.74, 6) is 0.0201. The molecule has 0 N–H and O–H groups in total. The van der Waals surface area contributed by atoms with Gasteiger partial charge in [-0.2, -0.15) is 8.78 Å². The van der Waals surface area contributed by atoms with Crippen molar-refractivity contribution in [3.8, 4) is 0 Å². The number of aromatic nitrogens is 1. The van der Waals surface area contributed by atoms with Crippen molar-refractivity contribution < 1.29 is 18.3 Å². The quantitative estimate of drug-likeness (QED) is 0.416. The summed E-state index contributed by atoms with van der Waals surface area (Å²) in [6, 6.07) is 0. The lowest BCUT2D eigenvalue weighted by Crippen LogP contribution is -2.06.